The summed E-state index contributed by atoms with van der Waals surface area (Å²) < 4.78 is 20.1. The zero-order valence-corrected chi connectivity index (χ0v) is 27.5. The van der Waals surface area contributed by atoms with E-state index in [1.807, 2.05) is 56.3 Å². The van der Waals surface area contributed by atoms with Crippen LogP contribution in [0.2, 0.25) is 5.02 Å². The molecule has 0 amide bonds. The SMILES string of the molecule is CCCCCCOc1ccc(C2C(C(=O)OC3CCCCC3)=C(C)Nc3nc(SCc4ccccc4Cl)nn32)cc1OCC. The highest BCUT2D eigenvalue weighted by atomic mass is 35.5. The maximum atomic E-state index is 13.9. The third kappa shape index (κ3) is 7.91. The molecule has 0 spiro atoms. The normalized spacial score (nSPS) is 16.8. The Morgan fingerprint density at radius 2 is 1.86 bits per heavy atom. The Kier molecular flexibility index (Phi) is 11.5. The first-order valence-electron chi connectivity index (χ1n) is 15.9. The first kappa shape index (κ1) is 32.2. The summed E-state index contributed by atoms with van der Waals surface area (Å²) in [5.41, 5.74) is 3.07. The van der Waals surface area contributed by atoms with Crippen molar-refractivity contribution in [1.29, 1.82) is 0 Å². The molecule has 3 aromatic rings. The largest absolute Gasteiger partial charge is 0.490 e. The molecule has 2 aromatic carbocycles. The first-order valence-corrected chi connectivity index (χ1v) is 17.3. The van der Waals surface area contributed by atoms with Gasteiger partial charge >= 0.3 is 5.97 Å². The van der Waals surface area contributed by atoms with Crippen molar-refractivity contribution in [3.05, 3.63) is 69.9 Å². The highest BCUT2D eigenvalue weighted by Crippen LogP contribution is 2.41. The number of allylic oxidation sites excluding steroid dienone is 1. The third-order valence-electron chi connectivity index (χ3n) is 8.03. The molecule has 1 fully saturated rings. The summed E-state index contributed by atoms with van der Waals surface area (Å²) in [6.45, 7) is 7.17. The van der Waals surface area contributed by atoms with Crippen LogP contribution >= 0.6 is 23.4 Å². The molecule has 5 rings (SSSR count). The Morgan fingerprint density at radius 3 is 2.64 bits per heavy atom. The summed E-state index contributed by atoms with van der Waals surface area (Å²) in [6, 6.07) is 13.1. The van der Waals surface area contributed by atoms with Gasteiger partial charge in [0, 0.05) is 16.5 Å². The number of benzene rings is 2. The second-order valence-electron chi connectivity index (χ2n) is 11.3. The van der Waals surface area contributed by atoms with Crippen molar-refractivity contribution in [3.63, 3.8) is 0 Å². The van der Waals surface area contributed by atoms with E-state index in [0.29, 0.717) is 57.9 Å². The van der Waals surface area contributed by atoms with Crippen LogP contribution in [-0.4, -0.2) is 40.1 Å². The average molecular weight is 639 g/mol. The van der Waals surface area contributed by atoms with Gasteiger partial charge in [0.05, 0.1) is 18.8 Å². The molecule has 1 aliphatic heterocycles. The number of rotatable bonds is 14. The number of nitrogens with zero attached hydrogens (tertiary/aromatic N) is 3. The van der Waals surface area contributed by atoms with Crippen LogP contribution in [0.15, 0.2) is 58.9 Å². The molecule has 0 bridgehead atoms. The number of fused-ring (bicyclic) bond motifs is 1. The van der Waals surface area contributed by atoms with Crippen LogP contribution in [0.4, 0.5) is 5.95 Å². The van der Waals surface area contributed by atoms with Gasteiger partial charge in [-0.25, -0.2) is 9.48 Å². The molecule has 1 unspecified atom stereocenters. The van der Waals surface area contributed by atoms with Gasteiger partial charge in [-0.15, -0.1) is 5.10 Å². The summed E-state index contributed by atoms with van der Waals surface area (Å²) in [4.78, 5) is 18.7. The molecular formula is C34H43ClN4O4S. The van der Waals surface area contributed by atoms with Gasteiger partial charge in [0.2, 0.25) is 11.1 Å². The Balaban J connectivity index is 1.46. The van der Waals surface area contributed by atoms with Gasteiger partial charge in [0.25, 0.3) is 0 Å². The molecule has 236 valence electrons. The maximum absolute atomic E-state index is 13.9. The predicted molar refractivity (Wildman–Crippen MR) is 176 cm³/mol. The Labute approximate surface area is 269 Å². The van der Waals surface area contributed by atoms with Gasteiger partial charge in [-0.05, 0) is 75.3 Å². The van der Waals surface area contributed by atoms with Crippen molar-refractivity contribution in [3.8, 4) is 11.5 Å². The van der Waals surface area contributed by atoms with E-state index < -0.39 is 6.04 Å². The Morgan fingerprint density at radius 1 is 1.05 bits per heavy atom. The Hall–Kier alpha value is -3.17. The number of anilines is 1. The second-order valence-corrected chi connectivity index (χ2v) is 12.7. The van der Waals surface area contributed by atoms with E-state index in [9.17, 15) is 4.79 Å². The lowest BCUT2D eigenvalue weighted by Gasteiger charge is -2.30. The number of carbonyl (C=O) groups excluding carboxylic acids is 1. The number of carbonyl (C=O) groups is 1. The summed E-state index contributed by atoms with van der Waals surface area (Å²) >= 11 is 7.90. The van der Waals surface area contributed by atoms with Crippen LogP contribution in [0.1, 0.15) is 95.7 Å². The van der Waals surface area contributed by atoms with Crippen LogP contribution in [0, 0.1) is 0 Å². The van der Waals surface area contributed by atoms with Crippen molar-refractivity contribution in [2.75, 3.05) is 18.5 Å². The molecule has 1 saturated carbocycles. The Bertz CT molecular complexity index is 1450. The minimum Gasteiger partial charge on any atom is -0.490 e. The molecule has 1 aromatic heterocycles. The highest BCUT2D eigenvalue weighted by Gasteiger charge is 2.37. The van der Waals surface area contributed by atoms with Gasteiger partial charge in [0.1, 0.15) is 12.1 Å². The minimum absolute atomic E-state index is 0.0708. The van der Waals surface area contributed by atoms with Gasteiger partial charge in [-0.1, -0.05) is 80.2 Å². The summed E-state index contributed by atoms with van der Waals surface area (Å²) in [5.74, 6) is 2.20. The molecule has 2 heterocycles. The number of nitrogens with one attached hydrogen (secondary N) is 1. The fourth-order valence-electron chi connectivity index (χ4n) is 5.71. The molecule has 44 heavy (non-hydrogen) atoms. The predicted octanol–water partition coefficient (Wildman–Crippen LogP) is 8.75. The molecule has 8 nitrogen and oxygen atoms in total. The fourth-order valence-corrected chi connectivity index (χ4v) is 6.83. The summed E-state index contributed by atoms with van der Waals surface area (Å²) in [6.07, 6.45) is 9.56. The molecular weight excluding hydrogens is 596 g/mol. The van der Waals surface area contributed by atoms with E-state index >= 15 is 0 Å². The summed E-state index contributed by atoms with van der Waals surface area (Å²) in [7, 11) is 0. The molecule has 1 aliphatic carbocycles. The second kappa shape index (κ2) is 15.7. The van der Waals surface area contributed by atoms with E-state index in [1.165, 1.54) is 31.0 Å². The number of ether oxygens (including phenoxy) is 3. The summed E-state index contributed by atoms with van der Waals surface area (Å²) in [5, 5.41) is 9.52. The van der Waals surface area contributed by atoms with Crippen LogP contribution in [0.25, 0.3) is 0 Å². The van der Waals surface area contributed by atoms with Crippen LogP contribution < -0.4 is 14.8 Å². The molecule has 0 saturated heterocycles. The number of hydrogen-bond acceptors (Lipinski definition) is 8. The van der Waals surface area contributed by atoms with Crippen molar-refractivity contribution in [2.24, 2.45) is 0 Å². The zero-order chi connectivity index (χ0) is 30.9. The molecule has 0 radical (unpaired) electrons. The topological polar surface area (TPSA) is 87.5 Å². The van der Waals surface area contributed by atoms with Crippen LogP contribution in [-0.2, 0) is 15.3 Å². The van der Waals surface area contributed by atoms with Gasteiger partial charge in [-0.3, -0.25) is 0 Å². The quantitative estimate of drug-likeness (QED) is 0.107. The molecule has 1 N–H and O–H groups in total. The average Bonchev–Trinajstić information content (AvgIpc) is 3.43. The smallest absolute Gasteiger partial charge is 0.338 e. The van der Waals surface area contributed by atoms with E-state index in [4.69, 9.17) is 35.9 Å². The maximum Gasteiger partial charge on any atom is 0.338 e. The van der Waals surface area contributed by atoms with Crippen molar-refractivity contribution < 1.29 is 19.0 Å². The van der Waals surface area contributed by atoms with Crippen molar-refractivity contribution >= 4 is 35.3 Å². The lowest BCUT2D eigenvalue weighted by atomic mass is 9.94. The van der Waals surface area contributed by atoms with Gasteiger partial charge in [-0.2, -0.15) is 4.98 Å². The van der Waals surface area contributed by atoms with Gasteiger partial charge in [0.15, 0.2) is 11.5 Å². The number of esters is 1. The standard InChI is InChI=1S/C34H43ClN4O4S/c1-4-6-7-13-20-42-28-19-18-24(21-29(28)41-5-2)31-30(32(40)43-26-15-9-8-10-16-26)23(3)36-33-37-34(38-39(31)33)44-22-25-14-11-12-17-27(25)35/h11-12,14,17-19,21,26,31H,4-10,13,15-16,20,22H2,1-3H3,(H,36,37,38). The van der Waals surface area contributed by atoms with Crippen LogP contribution in [0.3, 0.4) is 0 Å². The van der Waals surface area contributed by atoms with Crippen molar-refractivity contribution in [2.45, 2.75) is 102 Å². The number of unbranched alkanes of at least 4 members (excludes halogenated alkanes) is 3. The number of aromatic nitrogens is 3. The van der Waals surface area contributed by atoms with E-state index in [-0.39, 0.29) is 12.1 Å². The number of halogens is 1. The zero-order valence-electron chi connectivity index (χ0n) is 25.9. The molecule has 1 atom stereocenters. The third-order valence-corrected chi connectivity index (χ3v) is 9.29. The minimum atomic E-state index is -0.553. The lowest BCUT2D eigenvalue weighted by Crippen LogP contribution is -2.32. The van der Waals surface area contributed by atoms with E-state index in [1.54, 1.807) is 4.68 Å². The van der Waals surface area contributed by atoms with Crippen LogP contribution in [0.5, 0.6) is 11.5 Å². The van der Waals surface area contributed by atoms with E-state index in [0.717, 1.165) is 49.7 Å². The fraction of sp³-hybridized carbons (Fsp3) is 0.500. The number of thioether (sulfide) groups is 1. The van der Waals surface area contributed by atoms with Crippen molar-refractivity contribution in [1.82, 2.24) is 14.8 Å². The lowest BCUT2D eigenvalue weighted by molar-refractivity contribution is -0.146. The highest BCUT2D eigenvalue weighted by molar-refractivity contribution is 7.98. The monoisotopic (exact) mass is 638 g/mol. The number of hydrogen-bond donors (Lipinski definition) is 1. The van der Waals surface area contributed by atoms with E-state index in [2.05, 4.69) is 12.2 Å². The first-order chi connectivity index (χ1) is 21.5. The molecule has 2 aliphatic rings. The molecule has 10 heteroatoms. The van der Waals surface area contributed by atoms with Gasteiger partial charge < -0.3 is 19.5 Å².